The fraction of sp³-hybridized carbons (Fsp3) is 0.333. The Morgan fingerprint density at radius 2 is 1.86 bits per heavy atom. The molecule has 2 unspecified atom stereocenters. The van der Waals surface area contributed by atoms with Gasteiger partial charge in [0.15, 0.2) is 0 Å². The normalized spacial score (nSPS) is 20.6. The number of urea groups is 1. The lowest BCUT2D eigenvalue weighted by Gasteiger charge is -2.30. The molecule has 1 aromatic carbocycles. The van der Waals surface area contributed by atoms with Crippen molar-refractivity contribution in [3.8, 4) is 0 Å². The van der Waals surface area contributed by atoms with Crippen molar-refractivity contribution in [1.82, 2.24) is 9.88 Å². The highest BCUT2D eigenvalue weighted by atomic mass is 16.2. The first-order chi connectivity index (χ1) is 10.8. The van der Waals surface area contributed by atoms with Crippen molar-refractivity contribution >= 4 is 11.7 Å². The van der Waals surface area contributed by atoms with E-state index < -0.39 is 0 Å². The molecular formula is C18H21N3O. The van der Waals surface area contributed by atoms with Crippen molar-refractivity contribution in [1.29, 1.82) is 0 Å². The average Bonchev–Trinajstić information content (AvgIpc) is 3.05. The lowest BCUT2D eigenvalue weighted by atomic mass is 9.93. The second-order valence-corrected chi connectivity index (χ2v) is 5.79. The maximum atomic E-state index is 12.5. The first-order valence-corrected chi connectivity index (χ1v) is 7.74. The van der Waals surface area contributed by atoms with Crippen molar-refractivity contribution < 1.29 is 4.79 Å². The molecule has 2 atom stereocenters. The van der Waals surface area contributed by atoms with Crippen LogP contribution in [0, 0.1) is 0 Å². The molecule has 2 aromatic rings. The third-order valence-electron chi connectivity index (χ3n) is 4.46. The smallest absolute Gasteiger partial charge is 0.321 e. The average molecular weight is 295 g/mol. The monoisotopic (exact) mass is 295 g/mol. The van der Waals surface area contributed by atoms with Gasteiger partial charge in [0.05, 0.1) is 0 Å². The van der Waals surface area contributed by atoms with Crippen LogP contribution in [0.15, 0.2) is 54.9 Å². The van der Waals surface area contributed by atoms with Crippen LogP contribution in [0.4, 0.5) is 10.5 Å². The molecule has 3 rings (SSSR count). The molecule has 0 radical (unpaired) electrons. The van der Waals surface area contributed by atoms with E-state index in [1.54, 1.807) is 24.5 Å². The van der Waals surface area contributed by atoms with Crippen molar-refractivity contribution in [2.75, 3.05) is 12.4 Å². The van der Waals surface area contributed by atoms with Gasteiger partial charge in [-0.2, -0.15) is 0 Å². The summed E-state index contributed by atoms with van der Waals surface area (Å²) in [6.45, 7) is 0. The topological polar surface area (TPSA) is 45.2 Å². The summed E-state index contributed by atoms with van der Waals surface area (Å²) in [5.41, 5.74) is 2.11. The third-order valence-corrected chi connectivity index (χ3v) is 4.46. The Morgan fingerprint density at radius 3 is 2.59 bits per heavy atom. The molecule has 1 aliphatic rings. The molecule has 1 aliphatic carbocycles. The number of carbonyl (C=O) groups excluding carboxylic acids is 1. The van der Waals surface area contributed by atoms with Crippen molar-refractivity contribution in [2.24, 2.45) is 0 Å². The Labute approximate surface area is 131 Å². The quantitative estimate of drug-likeness (QED) is 0.934. The fourth-order valence-electron chi connectivity index (χ4n) is 3.29. The predicted molar refractivity (Wildman–Crippen MR) is 87.8 cm³/mol. The summed E-state index contributed by atoms with van der Waals surface area (Å²) in [4.78, 5) is 18.3. The maximum Gasteiger partial charge on any atom is 0.321 e. The number of benzene rings is 1. The Hall–Kier alpha value is -2.36. The zero-order valence-electron chi connectivity index (χ0n) is 12.8. The molecule has 1 N–H and O–H groups in total. The lowest BCUT2D eigenvalue weighted by Crippen LogP contribution is -2.41. The molecular weight excluding hydrogens is 274 g/mol. The summed E-state index contributed by atoms with van der Waals surface area (Å²) in [7, 11) is 1.89. The fourth-order valence-corrected chi connectivity index (χ4v) is 3.29. The second kappa shape index (κ2) is 6.60. The molecule has 0 aliphatic heterocycles. The second-order valence-electron chi connectivity index (χ2n) is 5.79. The van der Waals surface area contributed by atoms with Crippen LogP contribution in [-0.2, 0) is 0 Å². The number of carbonyl (C=O) groups is 1. The van der Waals surface area contributed by atoms with Crippen LogP contribution in [0.1, 0.15) is 30.7 Å². The van der Waals surface area contributed by atoms with Gasteiger partial charge in [-0.15, -0.1) is 0 Å². The lowest BCUT2D eigenvalue weighted by molar-refractivity contribution is 0.199. The Balaban J connectivity index is 1.70. The van der Waals surface area contributed by atoms with E-state index in [4.69, 9.17) is 0 Å². The number of nitrogens with one attached hydrogen (secondary N) is 1. The third kappa shape index (κ3) is 3.11. The zero-order valence-corrected chi connectivity index (χ0v) is 12.8. The summed E-state index contributed by atoms with van der Waals surface area (Å²) in [6.07, 6.45) is 6.72. The molecule has 114 valence electrons. The van der Waals surface area contributed by atoms with E-state index in [2.05, 4.69) is 34.6 Å². The van der Waals surface area contributed by atoms with E-state index in [9.17, 15) is 4.79 Å². The van der Waals surface area contributed by atoms with Crippen LogP contribution in [0.25, 0.3) is 0 Å². The summed E-state index contributed by atoms with van der Waals surface area (Å²) in [5.74, 6) is 0.425. The van der Waals surface area contributed by atoms with Gasteiger partial charge in [0, 0.05) is 37.1 Å². The van der Waals surface area contributed by atoms with E-state index in [0.29, 0.717) is 5.92 Å². The van der Waals surface area contributed by atoms with Crippen LogP contribution in [0.3, 0.4) is 0 Å². The minimum atomic E-state index is -0.0565. The zero-order chi connectivity index (χ0) is 15.4. The number of aromatic nitrogens is 1. The van der Waals surface area contributed by atoms with Crippen LogP contribution < -0.4 is 5.32 Å². The van der Waals surface area contributed by atoms with E-state index in [1.807, 2.05) is 18.0 Å². The molecule has 0 bridgehead atoms. The standard InChI is InChI=1S/C18H21N3O/c1-21(18(22)20-15-10-12-19-13-11-15)17-9-5-8-16(17)14-6-3-2-4-7-14/h2-4,6-7,10-13,16-17H,5,8-9H2,1H3,(H,19,20,22). The largest absolute Gasteiger partial charge is 0.324 e. The summed E-state index contributed by atoms with van der Waals surface area (Å²) >= 11 is 0. The van der Waals surface area contributed by atoms with Crippen molar-refractivity contribution in [2.45, 2.75) is 31.2 Å². The molecule has 1 aromatic heterocycles. The first-order valence-electron chi connectivity index (χ1n) is 7.74. The maximum absolute atomic E-state index is 12.5. The molecule has 4 heteroatoms. The number of rotatable bonds is 3. The molecule has 4 nitrogen and oxygen atoms in total. The highest BCUT2D eigenvalue weighted by Crippen LogP contribution is 2.37. The minimum absolute atomic E-state index is 0.0565. The van der Waals surface area contributed by atoms with Crippen molar-refractivity contribution in [3.05, 3.63) is 60.4 Å². The van der Waals surface area contributed by atoms with Gasteiger partial charge in [-0.3, -0.25) is 4.98 Å². The molecule has 1 fully saturated rings. The number of hydrogen-bond donors (Lipinski definition) is 1. The van der Waals surface area contributed by atoms with Crippen LogP contribution in [-0.4, -0.2) is 29.0 Å². The van der Waals surface area contributed by atoms with Crippen LogP contribution in [0.5, 0.6) is 0 Å². The molecule has 0 saturated heterocycles. The van der Waals surface area contributed by atoms with Crippen molar-refractivity contribution in [3.63, 3.8) is 0 Å². The van der Waals surface area contributed by atoms with Gasteiger partial charge >= 0.3 is 6.03 Å². The molecule has 1 heterocycles. The molecule has 0 spiro atoms. The number of anilines is 1. The van der Waals surface area contributed by atoms with E-state index >= 15 is 0 Å². The van der Waals surface area contributed by atoms with E-state index in [1.165, 1.54) is 5.56 Å². The van der Waals surface area contributed by atoms with Gasteiger partial charge in [-0.25, -0.2) is 4.79 Å². The van der Waals surface area contributed by atoms with Crippen LogP contribution >= 0.6 is 0 Å². The first kappa shape index (κ1) is 14.6. The van der Waals surface area contributed by atoms with E-state index in [-0.39, 0.29) is 12.1 Å². The van der Waals surface area contributed by atoms with Gasteiger partial charge in [-0.1, -0.05) is 36.8 Å². The van der Waals surface area contributed by atoms with Crippen LogP contribution in [0.2, 0.25) is 0 Å². The number of pyridine rings is 1. The molecule has 22 heavy (non-hydrogen) atoms. The molecule has 2 amide bonds. The van der Waals surface area contributed by atoms with Gasteiger partial charge in [0.25, 0.3) is 0 Å². The van der Waals surface area contributed by atoms with Gasteiger partial charge in [0.2, 0.25) is 0 Å². The Morgan fingerprint density at radius 1 is 1.14 bits per heavy atom. The summed E-state index contributed by atoms with van der Waals surface area (Å²) in [6, 6.07) is 14.3. The number of nitrogens with zero attached hydrogens (tertiary/aromatic N) is 2. The number of amides is 2. The van der Waals surface area contributed by atoms with Gasteiger partial charge in [-0.05, 0) is 30.5 Å². The van der Waals surface area contributed by atoms with Gasteiger partial charge < -0.3 is 10.2 Å². The number of likely N-dealkylation sites (N-methyl/N-ethyl adjacent to an activating group) is 1. The highest BCUT2D eigenvalue weighted by molar-refractivity contribution is 5.89. The van der Waals surface area contributed by atoms with E-state index in [0.717, 1.165) is 24.9 Å². The molecule has 1 saturated carbocycles. The predicted octanol–water partition coefficient (Wildman–Crippen LogP) is 3.88. The summed E-state index contributed by atoms with van der Waals surface area (Å²) < 4.78 is 0. The van der Waals surface area contributed by atoms with Gasteiger partial charge in [0.1, 0.15) is 0 Å². The summed E-state index contributed by atoms with van der Waals surface area (Å²) in [5, 5.41) is 2.94. The Bertz CT molecular complexity index is 615. The SMILES string of the molecule is CN(C(=O)Nc1ccncc1)C1CCCC1c1ccccc1. The number of hydrogen-bond acceptors (Lipinski definition) is 2. The Kier molecular flexibility index (Phi) is 4.37. The highest BCUT2D eigenvalue weighted by Gasteiger charge is 2.33. The minimum Gasteiger partial charge on any atom is -0.324 e.